The Morgan fingerprint density at radius 3 is 2.41 bits per heavy atom. The van der Waals surface area contributed by atoms with Crippen molar-refractivity contribution in [2.75, 3.05) is 23.7 Å². The summed E-state index contributed by atoms with van der Waals surface area (Å²) in [6.45, 7) is 0.602. The van der Waals surface area contributed by atoms with Crippen molar-refractivity contribution < 1.29 is 8.42 Å². The molecule has 27 heavy (non-hydrogen) atoms. The fourth-order valence-electron chi connectivity index (χ4n) is 2.16. The van der Waals surface area contributed by atoms with Crippen molar-refractivity contribution in [3.05, 3.63) is 64.6 Å². The van der Waals surface area contributed by atoms with Gasteiger partial charge in [0.2, 0.25) is 10.0 Å². The first-order chi connectivity index (χ1) is 13.0. The lowest BCUT2D eigenvalue weighted by Crippen LogP contribution is -2.29. The number of nitrogens with zero attached hydrogens (tertiary/aromatic N) is 3. The molecule has 8 nitrogen and oxygen atoms in total. The normalized spacial score (nSPS) is 11.1. The molecular formula is C17H17IN6O2S. The maximum absolute atomic E-state index is 12.2. The van der Waals surface area contributed by atoms with Gasteiger partial charge in [0.25, 0.3) is 0 Å². The van der Waals surface area contributed by atoms with E-state index in [1.807, 2.05) is 18.2 Å². The molecule has 0 unspecified atom stereocenters. The molecule has 1 aromatic carbocycles. The molecule has 0 radical (unpaired) electrons. The lowest BCUT2D eigenvalue weighted by Gasteiger charge is -2.09. The molecule has 0 fully saturated rings. The number of rotatable bonds is 8. The van der Waals surface area contributed by atoms with Crippen molar-refractivity contribution in [3.8, 4) is 0 Å². The predicted molar refractivity (Wildman–Crippen MR) is 112 cm³/mol. The van der Waals surface area contributed by atoms with E-state index in [-0.39, 0.29) is 11.4 Å². The highest BCUT2D eigenvalue weighted by atomic mass is 127. The molecule has 0 spiro atoms. The lowest BCUT2D eigenvalue weighted by atomic mass is 10.4. The fourth-order valence-corrected chi connectivity index (χ4v) is 3.55. The molecule has 0 amide bonds. The number of aromatic nitrogens is 3. The summed E-state index contributed by atoms with van der Waals surface area (Å²) in [5.41, 5.74) is 0. The zero-order valence-corrected chi connectivity index (χ0v) is 17.1. The van der Waals surface area contributed by atoms with Crippen LogP contribution in [0.15, 0.2) is 66.0 Å². The minimum absolute atomic E-state index is 0.224. The van der Waals surface area contributed by atoms with Crippen molar-refractivity contribution >= 4 is 50.1 Å². The third kappa shape index (κ3) is 5.84. The summed E-state index contributed by atoms with van der Waals surface area (Å²) in [4.78, 5) is 12.7. The average Bonchev–Trinajstić information content (AvgIpc) is 2.67. The standard InChI is InChI=1S/C17H17IN6O2S/c18-13-4-6-14(7-5-13)27(25,26)23-10-9-20-16-11-17(22-12-21-16)24-15-3-1-2-8-19-15/h1-8,11-12,23H,9-10H2,(H2,19,20,21,22,24). The molecule has 0 bridgehead atoms. The molecule has 140 valence electrons. The molecule has 2 heterocycles. The zero-order chi connectivity index (χ0) is 19.1. The predicted octanol–water partition coefficient (Wildman–Crippen LogP) is 2.61. The number of hydrogen-bond acceptors (Lipinski definition) is 7. The number of hydrogen-bond donors (Lipinski definition) is 3. The maximum Gasteiger partial charge on any atom is 0.240 e. The first-order valence-corrected chi connectivity index (χ1v) is 10.6. The third-order valence-electron chi connectivity index (χ3n) is 3.44. The smallest absolute Gasteiger partial charge is 0.240 e. The summed E-state index contributed by atoms with van der Waals surface area (Å²) in [5, 5.41) is 6.13. The van der Waals surface area contributed by atoms with Gasteiger partial charge in [-0.1, -0.05) is 6.07 Å². The minimum atomic E-state index is -3.53. The van der Waals surface area contributed by atoms with Crippen LogP contribution in [0.2, 0.25) is 0 Å². The number of nitrogens with one attached hydrogen (secondary N) is 3. The van der Waals surface area contributed by atoms with Gasteiger partial charge in [0.15, 0.2) is 0 Å². The molecule has 0 saturated heterocycles. The van der Waals surface area contributed by atoms with E-state index < -0.39 is 10.0 Å². The Balaban J connectivity index is 1.52. The van der Waals surface area contributed by atoms with Gasteiger partial charge in [0, 0.05) is 28.9 Å². The van der Waals surface area contributed by atoms with E-state index in [4.69, 9.17) is 0 Å². The second-order valence-corrected chi connectivity index (χ2v) is 8.42. The first-order valence-electron chi connectivity index (χ1n) is 8.02. The number of pyridine rings is 1. The number of anilines is 3. The molecule has 0 saturated carbocycles. The van der Waals surface area contributed by atoms with Crippen LogP contribution in [0.5, 0.6) is 0 Å². The van der Waals surface area contributed by atoms with Gasteiger partial charge in [0.05, 0.1) is 4.90 Å². The van der Waals surface area contributed by atoms with Crippen LogP contribution in [-0.2, 0) is 10.0 Å². The van der Waals surface area contributed by atoms with E-state index in [1.165, 1.54) is 6.33 Å². The van der Waals surface area contributed by atoms with Gasteiger partial charge in [-0.2, -0.15) is 0 Å². The highest BCUT2D eigenvalue weighted by molar-refractivity contribution is 14.1. The second kappa shape index (κ2) is 9.06. The van der Waals surface area contributed by atoms with Crippen LogP contribution >= 0.6 is 22.6 Å². The molecule has 2 aromatic heterocycles. The summed E-state index contributed by atoms with van der Waals surface area (Å²) in [6.07, 6.45) is 3.10. The number of halogens is 1. The van der Waals surface area contributed by atoms with Crippen LogP contribution < -0.4 is 15.4 Å². The van der Waals surface area contributed by atoms with E-state index in [9.17, 15) is 8.42 Å². The lowest BCUT2D eigenvalue weighted by molar-refractivity contribution is 0.583. The molecule has 0 atom stereocenters. The molecule has 3 N–H and O–H groups in total. The molecular weight excluding hydrogens is 479 g/mol. The summed E-state index contributed by atoms with van der Waals surface area (Å²) in [5.74, 6) is 1.84. The van der Waals surface area contributed by atoms with Crippen LogP contribution in [-0.4, -0.2) is 36.5 Å². The Kier molecular flexibility index (Phi) is 6.53. The quantitative estimate of drug-likeness (QED) is 0.325. The van der Waals surface area contributed by atoms with Crippen molar-refractivity contribution in [2.24, 2.45) is 0 Å². The molecule has 0 aliphatic heterocycles. The van der Waals surface area contributed by atoms with E-state index in [0.29, 0.717) is 24.0 Å². The van der Waals surface area contributed by atoms with E-state index in [0.717, 1.165) is 3.57 Å². The molecule has 3 rings (SSSR count). The molecule has 3 aromatic rings. The average molecular weight is 496 g/mol. The van der Waals surface area contributed by atoms with E-state index >= 15 is 0 Å². The van der Waals surface area contributed by atoms with Crippen LogP contribution in [0.4, 0.5) is 17.5 Å². The van der Waals surface area contributed by atoms with Crippen molar-refractivity contribution in [1.82, 2.24) is 19.7 Å². The maximum atomic E-state index is 12.2. The third-order valence-corrected chi connectivity index (χ3v) is 5.63. The van der Waals surface area contributed by atoms with Gasteiger partial charge in [-0.25, -0.2) is 28.1 Å². The van der Waals surface area contributed by atoms with Crippen molar-refractivity contribution in [3.63, 3.8) is 0 Å². The largest absolute Gasteiger partial charge is 0.369 e. The van der Waals surface area contributed by atoms with Crippen LogP contribution in [0.1, 0.15) is 0 Å². The topological polar surface area (TPSA) is 109 Å². The second-order valence-electron chi connectivity index (χ2n) is 5.41. The fraction of sp³-hybridized carbons (Fsp3) is 0.118. The monoisotopic (exact) mass is 496 g/mol. The highest BCUT2D eigenvalue weighted by Gasteiger charge is 2.12. The number of sulfonamides is 1. The van der Waals surface area contributed by atoms with Crippen molar-refractivity contribution in [1.29, 1.82) is 0 Å². The molecule has 0 aliphatic rings. The Hall–Kier alpha value is -2.31. The Labute approximate surface area is 171 Å². The first kappa shape index (κ1) is 19.5. The Morgan fingerprint density at radius 1 is 0.889 bits per heavy atom. The number of benzene rings is 1. The van der Waals surface area contributed by atoms with Gasteiger partial charge in [-0.3, -0.25) is 0 Å². The minimum Gasteiger partial charge on any atom is -0.369 e. The molecule has 0 aliphatic carbocycles. The van der Waals surface area contributed by atoms with Gasteiger partial charge < -0.3 is 10.6 Å². The summed E-state index contributed by atoms with van der Waals surface area (Å²) in [6, 6.07) is 13.9. The Morgan fingerprint density at radius 2 is 1.67 bits per heavy atom. The van der Waals surface area contributed by atoms with E-state index in [2.05, 4.69) is 52.9 Å². The van der Waals surface area contributed by atoms with E-state index in [1.54, 1.807) is 36.5 Å². The zero-order valence-electron chi connectivity index (χ0n) is 14.1. The van der Waals surface area contributed by atoms with Gasteiger partial charge in [-0.05, 0) is 59.0 Å². The van der Waals surface area contributed by atoms with Crippen molar-refractivity contribution in [2.45, 2.75) is 4.90 Å². The summed E-state index contributed by atoms with van der Waals surface area (Å²) < 4.78 is 28.0. The summed E-state index contributed by atoms with van der Waals surface area (Å²) >= 11 is 2.13. The van der Waals surface area contributed by atoms with Crippen LogP contribution in [0.25, 0.3) is 0 Å². The SMILES string of the molecule is O=S(=O)(NCCNc1cc(Nc2ccccn2)ncn1)c1ccc(I)cc1. The van der Waals surface area contributed by atoms with Crippen LogP contribution in [0.3, 0.4) is 0 Å². The highest BCUT2D eigenvalue weighted by Crippen LogP contribution is 2.14. The van der Waals surface area contributed by atoms with Gasteiger partial charge in [-0.15, -0.1) is 0 Å². The van der Waals surface area contributed by atoms with Crippen LogP contribution in [0, 0.1) is 3.57 Å². The van der Waals surface area contributed by atoms with Gasteiger partial charge in [0.1, 0.15) is 23.8 Å². The summed E-state index contributed by atoms with van der Waals surface area (Å²) in [7, 11) is -3.53. The Bertz CT molecular complexity index is 984. The molecule has 10 heteroatoms. The van der Waals surface area contributed by atoms with Gasteiger partial charge >= 0.3 is 0 Å².